The van der Waals surface area contributed by atoms with Gasteiger partial charge in [0.25, 0.3) is 0 Å². The number of rotatable bonds is 4. The van der Waals surface area contributed by atoms with Crippen molar-refractivity contribution in [3.63, 3.8) is 0 Å². The first-order valence-corrected chi connectivity index (χ1v) is 10.6. The smallest absolute Gasteiger partial charge is 0.244 e. The largest absolute Gasteiger partial charge is 0.326 e. The Morgan fingerprint density at radius 1 is 0.903 bits per heavy atom. The highest BCUT2D eigenvalue weighted by atomic mass is 79.9. The van der Waals surface area contributed by atoms with E-state index in [1.807, 2.05) is 91.3 Å². The Balaban J connectivity index is 1.56. The highest BCUT2D eigenvalue weighted by molar-refractivity contribution is 9.10. The number of hydrazone groups is 1. The van der Waals surface area contributed by atoms with E-state index >= 15 is 0 Å². The molecular formula is C24H19BrN6. The Bertz CT molecular complexity index is 1440. The lowest BCUT2D eigenvalue weighted by Gasteiger charge is -2.09. The molecule has 0 bridgehead atoms. The van der Waals surface area contributed by atoms with Crippen LogP contribution in [0.25, 0.3) is 33.2 Å². The number of benzene rings is 3. The molecule has 5 rings (SSSR count). The predicted molar refractivity (Wildman–Crippen MR) is 129 cm³/mol. The van der Waals surface area contributed by atoms with E-state index in [1.54, 1.807) is 0 Å². The molecule has 31 heavy (non-hydrogen) atoms. The van der Waals surface area contributed by atoms with Gasteiger partial charge >= 0.3 is 0 Å². The van der Waals surface area contributed by atoms with E-state index in [1.165, 1.54) is 0 Å². The second kappa shape index (κ2) is 7.92. The normalized spacial score (nSPS) is 11.9. The number of anilines is 1. The lowest BCUT2D eigenvalue weighted by atomic mass is 10.1. The number of hydrogen-bond acceptors (Lipinski definition) is 5. The van der Waals surface area contributed by atoms with Crippen LogP contribution in [0.2, 0.25) is 0 Å². The summed E-state index contributed by atoms with van der Waals surface area (Å²) in [5, 5.41) is 5.50. The van der Waals surface area contributed by atoms with Gasteiger partial charge in [-0.25, -0.2) is 20.4 Å². The molecule has 0 aliphatic carbocycles. The van der Waals surface area contributed by atoms with Crippen molar-refractivity contribution in [2.24, 2.45) is 12.1 Å². The molecule has 5 aromatic rings. The van der Waals surface area contributed by atoms with E-state index in [0.29, 0.717) is 5.95 Å². The molecule has 3 aromatic carbocycles. The Morgan fingerprint density at radius 3 is 2.48 bits per heavy atom. The Kier molecular flexibility index (Phi) is 4.95. The molecule has 1 N–H and O–H groups in total. The first-order chi connectivity index (χ1) is 15.1. The third kappa shape index (κ3) is 3.68. The van der Waals surface area contributed by atoms with Gasteiger partial charge in [-0.3, -0.25) is 0 Å². The molecule has 0 unspecified atom stereocenters. The number of hydrogen-bond donors (Lipinski definition) is 1. The molecule has 0 aliphatic rings. The van der Waals surface area contributed by atoms with Crippen molar-refractivity contribution in [1.82, 2.24) is 19.5 Å². The number of fused-ring (bicyclic) bond motifs is 2. The van der Waals surface area contributed by atoms with Gasteiger partial charge in [-0.1, -0.05) is 58.4 Å². The van der Waals surface area contributed by atoms with Crippen molar-refractivity contribution < 1.29 is 0 Å². The summed E-state index contributed by atoms with van der Waals surface area (Å²) in [5.74, 6) is 1.23. The van der Waals surface area contributed by atoms with Crippen LogP contribution in [-0.2, 0) is 7.05 Å². The number of aromatic nitrogens is 4. The molecule has 7 heteroatoms. The lowest BCUT2D eigenvalue weighted by Crippen LogP contribution is -2.08. The van der Waals surface area contributed by atoms with E-state index in [-0.39, 0.29) is 0 Å². The minimum atomic E-state index is 0.437. The van der Waals surface area contributed by atoms with Crippen LogP contribution in [0.4, 0.5) is 5.95 Å². The zero-order valence-corrected chi connectivity index (χ0v) is 18.6. The Morgan fingerprint density at radius 2 is 1.68 bits per heavy atom. The van der Waals surface area contributed by atoms with Crippen LogP contribution in [-0.4, -0.2) is 25.2 Å². The zero-order chi connectivity index (χ0) is 21.4. The third-order valence-corrected chi connectivity index (χ3v) is 5.63. The average molecular weight is 471 g/mol. The maximum atomic E-state index is 4.77. The van der Waals surface area contributed by atoms with Crippen LogP contribution in [0.5, 0.6) is 0 Å². The summed E-state index contributed by atoms with van der Waals surface area (Å²) in [6, 6.07) is 24.1. The third-order valence-electron chi connectivity index (χ3n) is 5.14. The summed E-state index contributed by atoms with van der Waals surface area (Å²) in [5.41, 5.74) is 8.50. The quantitative estimate of drug-likeness (QED) is 0.267. The topological polar surface area (TPSA) is 68.0 Å². The Hall–Kier alpha value is -3.58. The maximum absolute atomic E-state index is 4.77. The number of nitrogens with one attached hydrogen (secondary N) is 1. The second-order valence-electron chi connectivity index (χ2n) is 7.22. The van der Waals surface area contributed by atoms with Crippen molar-refractivity contribution in [3.05, 3.63) is 83.1 Å². The fraction of sp³-hybridized carbons (Fsp3) is 0.0833. The fourth-order valence-electron chi connectivity index (χ4n) is 3.62. The number of imidazole rings is 1. The number of nitrogens with zero attached hydrogens (tertiary/aromatic N) is 5. The summed E-state index contributed by atoms with van der Waals surface area (Å²) in [6.45, 7) is 1.92. The summed E-state index contributed by atoms with van der Waals surface area (Å²) in [4.78, 5) is 14.1. The van der Waals surface area contributed by atoms with E-state index < -0.39 is 0 Å². The molecule has 0 fully saturated rings. The molecule has 0 saturated heterocycles. The van der Waals surface area contributed by atoms with Crippen LogP contribution in [0, 0.1) is 0 Å². The number of halogens is 1. The molecule has 0 aliphatic heterocycles. The number of para-hydroxylation sites is 2. The number of aryl methyl sites for hydroxylation is 1. The fourth-order valence-corrected chi connectivity index (χ4v) is 3.98. The van der Waals surface area contributed by atoms with Crippen LogP contribution in [0.1, 0.15) is 12.7 Å². The average Bonchev–Trinajstić information content (AvgIpc) is 3.14. The van der Waals surface area contributed by atoms with Gasteiger partial charge < -0.3 is 4.57 Å². The van der Waals surface area contributed by atoms with E-state index in [9.17, 15) is 0 Å². The highest BCUT2D eigenvalue weighted by Gasteiger charge is 2.12. The minimum Gasteiger partial charge on any atom is -0.326 e. The summed E-state index contributed by atoms with van der Waals surface area (Å²) in [7, 11) is 1.99. The van der Waals surface area contributed by atoms with E-state index in [4.69, 9.17) is 9.97 Å². The van der Waals surface area contributed by atoms with Gasteiger partial charge in [0.1, 0.15) is 5.71 Å². The van der Waals surface area contributed by atoms with Crippen LogP contribution in [0.15, 0.2) is 82.4 Å². The van der Waals surface area contributed by atoms with Crippen LogP contribution in [0.3, 0.4) is 0 Å². The van der Waals surface area contributed by atoms with Crippen molar-refractivity contribution in [3.8, 4) is 11.3 Å². The predicted octanol–water partition coefficient (Wildman–Crippen LogP) is 5.78. The van der Waals surface area contributed by atoms with Crippen molar-refractivity contribution >= 4 is 49.5 Å². The first kappa shape index (κ1) is 19.4. The van der Waals surface area contributed by atoms with E-state index in [0.717, 1.165) is 49.2 Å². The molecule has 0 amide bonds. The van der Waals surface area contributed by atoms with Crippen LogP contribution >= 0.6 is 15.9 Å². The summed E-state index contributed by atoms with van der Waals surface area (Å²) in [6.07, 6.45) is 0. The van der Waals surface area contributed by atoms with Crippen LogP contribution < -0.4 is 5.43 Å². The molecule has 0 radical (unpaired) electrons. The minimum absolute atomic E-state index is 0.437. The molecule has 6 nitrogen and oxygen atoms in total. The standard InChI is InChI=1S/C24H19BrN6/c1-15(23-26-20-10-6-7-11-21(20)31(23)2)29-30-24-27-19-13-12-17(25)14-18(19)22(28-24)16-8-4-3-5-9-16/h3-14H,1-2H3,(H,27,28,30)/b29-15-. The van der Waals surface area contributed by atoms with E-state index in [2.05, 4.69) is 31.4 Å². The van der Waals surface area contributed by atoms with Gasteiger partial charge in [0.15, 0.2) is 5.82 Å². The van der Waals surface area contributed by atoms with Gasteiger partial charge in [-0.15, -0.1) is 0 Å². The summed E-state index contributed by atoms with van der Waals surface area (Å²) >= 11 is 3.55. The first-order valence-electron chi connectivity index (χ1n) is 9.85. The molecule has 2 aromatic heterocycles. The maximum Gasteiger partial charge on any atom is 0.244 e. The Labute approximate surface area is 187 Å². The molecule has 152 valence electrons. The van der Waals surface area contributed by atoms with Crippen molar-refractivity contribution in [1.29, 1.82) is 0 Å². The van der Waals surface area contributed by atoms with Crippen molar-refractivity contribution in [2.75, 3.05) is 5.43 Å². The van der Waals surface area contributed by atoms with Gasteiger partial charge in [-0.05, 0) is 37.3 Å². The van der Waals surface area contributed by atoms with Gasteiger partial charge in [0.05, 0.1) is 22.2 Å². The van der Waals surface area contributed by atoms with Gasteiger partial charge in [0, 0.05) is 22.5 Å². The van der Waals surface area contributed by atoms with Crippen molar-refractivity contribution in [2.45, 2.75) is 6.92 Å². The SMILES string of the molecule is C/C(=N/Nc1nc(-c2ccccc2)c2cc(Br)ccc2n1)c1nc2ccccc2n1C. The monoisotopic (exact) mass is 470 g/mol. The highest BCUT2D eigenvalue weighted by Crippen LogP contribution is 2.29. The molecular weight excluding hydrogens is 452 g/mol. The summed E-state index contributed by atoms with van der Waals surface area (Å²) < 4.78 is 3.02. The molecule has 0 atom stereocenters. The van der Waals surface area contributed by atoms with Gasteiger partial charge in [0.2, 0.25) is 5.95 Å². The van der Waals surface area contributed by atoms with Gasteiger partial charge in [-0.2, -0.15) is 5.10 Å². The molecule has 0 spiro atoms. The zero-order valence-electron chi connectivity index (χ0n) is 17.0. The second-order valence-corrected chi connectivity index (χ2v) is 8.13. The molecule has 2 heterocycles. The lowest BCUT2D eigenvalue weighted by molar-refractivity contribution is 0.926. The molecule has 0 saturated carbocycles.